The lowest BCUT2D eigenvalue weighted by atomic mass is 9.98. The minimum atomic E-state index is -1.25. The molecule has 5 rings (SSSR count). The van der Waals surface area contributed by atoms with Crippen molar-refractivity contribution in [3.8, 4) is 11.1 Å². The minimum Gasteiger partial charge on any atom is -0.480 e. The zero-order valence-corrected chi connectivity index (χ0v) is 22.7. The van der Waals surface area contributed by atoms with Gasteiger partial charge in [-0.3, -0.25) is 4.79 Å². The van der Waals surface area contributed by atoms with E-state index in [1.807, 2.05) is 72.8 Å². The van der Waals surface area contributed by atoms with Crippen molar-refractivity contribution < 1.29 is 29.0 Å². The van der Waals surface area contributed by atoms with Gasteiger partial charge >= 0.3 is 18.0 Å². The number of aromatic nitrogens is 1. The van der Waals surface area contributed by atoms with Gasteiger partial charge in [0.2, 0.25) is 0 Å². The molecule has 1 aliphatic carbocycles. The van der Waals surface area contributed by atoms with Crippen LogP contribution in [0.1, 0.15) is 43.4 Å². The molecule has 0 saturated heterocycles. The number of para-hydroxylation sites is 1. The number of fused-ring (bicyclic) bond motifs is 4. The van der Waals surface area contributed by atoms with Crippen molar-refractivity contribution in [2.75, 3.05) is 6.61 Å². The maximum atomic E-state index is 12.8. The third-order valence-electron chi connectivity index (χ3n) is 6.94. The first-order chi connectivity index (χ1) is 19.1. The lowest BCUT2D eigenvalue weighted by Gasteiger charge is -2.19. The fourth-order valence-corrected chi connectivity index (χ4v) is 5.31. The number of carbonyl (C=O) groups is 3. The Kier molecular flexibility index (Phi) is 7.34. The van der Waals surface area contributed by atoms with E-state index in [2.05, 4.69) is 5.32 Å². The zero-order valence-electron chi connectivity index (χ0n) is 22.7. The fourth-order valence-electron chi connectivity index (χ4n) is 5.31. The highest BCUT2D eigenvalue weighted by Crippen LogP contribution is 2.44. The number of esters is 1. The zero-order chi connectivity index (χ0) is 28.4. The number of nitrogens with zero attached hydrogens (tertiary/aromatic N) is 1. The number of nitrogens with one attached hydrogen (secondary N) is 1. The molecule has 206 valence electrons. The van der Waals surface area contributed by atoms with Crippen LogP contribution in [0.2, 0.25) is 0 Å². The molecule has 0 bridgehead atoms. The number of rotatable bonds is 8. The molecule has 0 saturated carbocycles. The summed E-state index contributed by atoms with van der Waals surface area (Å²) in [6.07, 6.45) is 0.978. The molecule has 8 heteroatoms. The van der Waals surface area contributed by atoms with E-state index in [0.717, 1.165) is 38.7 Å². The lowest BCUT2D eigenvalue weighted by Crippen LogP contribution is -2.44. The van der Waals surface area contributed by atoms with Crippen LogP contribution in [0, 0.1) is 0 Å². The highest BCUT2D eigenvalue weighted by Gasteiger charge is 2.30. The van der Waals surface area contributed by atoms with Crippen LogP contribution < -0.4 is 5.32 Å². The molecule has 3 aromatic carbocycles. The molecule has 40 heavy (non-hydrogen) atoms. The van der Waals surface area contributed by atoms with Gasteiger partial charge in [-0.2, -0.15) is 0 Å². The molecule has 4 aromatic rings. The molecule has 0 radical (unpaired) electrons. The summed E-state index contributed by atoms with van der Waals surface area (Å²) >= 11 is 0. The summed E-state index contributed by atoms with van der Waals surface area (Å²) in [5.41, 5.74) is 5.22. The Morgan fingerprint density at radius 1 is 0.925 bits per heavy atom. The van der Waals surface area contributed by atoms with Gasteiger partial charge in [0, 0.05) is 23.0 Å². The van der Waals surface area contributed by atoms with Crippen LogP contribution in [0.3, 0.4) is 0 Å². The number of carboxylic acids is 1. The lowest BCUT2D eigenvalue weighted by molar-refractivity contribution is -0.154. The highest BCUT2D eigenvalue weighted by molar-refractivity contribution is 5.88. The summed E-state index contributed by atoms with van der Waals surface area (Å²) in [5.74, 6) is -1.70. The smallest absolute Gasteiger partial charge is 0.407 e. The molecule has 2 N–H and O–H groups in total. The highest BCUT2D eigenvalue weighted by atomic mass is 16.6. The van der Waals surface area contributed by atoms with Gasteiger partial charge in [-0.25, -0.2) is 9.59 Å². The maximum absolute atomic E-state index is 12.8. The second-order valence-corrected chi connectivity index (χ2v) is 10.9. The molecule has 1 aromatic heterocycles. The number of alkyl carbamates (subject to hydrolysis) is 1. The Labute approximate surface area is 232 Å². The Morgan fingerprint density at radius 2 is 1.52 bits per heavy atom. The third kappa shape index (κ3) is 5.71. The van der Waals surface area contributed by atoms with E-state index in [4.69, 9.17) is 9.47 Å². The fraction of sp³-hybridized carbons (Fsp3) is 0.281. The first kappa shape index (κ1) is 27.0. The average molecular weight is 541 g/mol. The van der Waals surface area contributed by atoms with Crippen LogP contribution in [-0.2, 0) is 32.0 Å². The third-order valence-corrected chi connectivity index (χ3v) is 6.94. The van der Waals surface area contributed by atoms with Gasteiger partial charge in [0.05, 0.1) is 13.0 Å². The van der Waals surface area contributed by atoms with Gasteiger partial charge in [-0.15, -0.1) is 0 Å². The predicted molar refractivity (Wildman–Crippen MR) is 151 cm³/mol. The molecule has 8 nitrogen and oxygen atoms in total. The number of benzene rings is 3. The second-order valence-electron chi connectivity index (χ2n) is 10.9. The normalized spacial score (nSPS) is 13.4. The summed E-state index contributed by atoms with van der Waals surface area (Å²) in [6, 6.07) is 22.2. The van der Waals surface area contributed by atoms with E-state index in [-0.39, 0.29) is 31.5 Å². The van der Waals surface area contributed by atoms with E-state index < -0.39 is 23.7 Å². The number of hydrogen-bond acceptors (Lipinski definition) is 5. The van der Waals surface area contributed by atoms with E-state index in [1.54, 1.807) is 31.5 Å². The molecule has 0 spiro atoms. The first-order valence-corrected chi connectivity index (χ1v) is 13.2. The van der Waals surface area contributed by atoms with Gasteiger partial charge in [-0.1, -0.05) is 66.7 Å². The SMILES string of the molecule is CC(C)(C)OC(=O)Cc1cn(C[C@@H](NC(=O)OCC2c3ccccc3-c3ccccc32)C(=O)O)c2ccccc12. The van der Waals surface area contributed by atoms with Crippen molar-refractivity contribution in [2.24, 2.45) is 0 Å². The first-order valence-electron chi connectivity index (χ1n) is 13.2. The Bertz CT molecular complexity index is 1540. The number of hydrogen-bond donors (Lipinski definition) is 2. The van der Waals surface area contributed by atoms with Crippen LogP contribution in [-0.4, -0.2) is 46.0 Å². The quantitative estimate of drug-likeness (QED) is 0.285. The second kappa shape index (κ2) is 10.9. The summed E-state index contributed by atoms with van der Waals surface area (Å²) in [6.45, 7) is 5.45. The molecule has 0 unspecified atom stereocenters. The Hall–Kier alpha value is -4.59. The molecule has 0 aliphatic heterocycles. The van der Waals surface area contributed by atoms with Crippen molar-refractivity contribution in [3.05, 3.63) is 95.7 Å². The van der Waals surface area contributed by atoms with Crippen molar-refractivity contribution >= 4 is 28.9 Å². The van der Waals surface area contributed by atoms with Crippen LogP contribution in [0.5, 0.6) is 0 Å². The van der Waals surface area contributed by atoms with Crippen LogP contribution in [0.4, 0.5) is 4.79 Å². The molecule has 1 aliphatic rings. The van der Waals surface area contributed by atoms with Crippen LogP contribution in [0.15, 0.2) is 79.0 Å². The van der Waals surface area contributed by atoms with Crippen molar-refractivity contribution in [2.45, 2.75) is 51.3 Å². The van der Waals surface area contributed by atoms with Gasteiger partial charge < -0.3 is 24.5 Å². The van der Waals surface area contributed by atoms with Gasteiger partial charge in [0.1, 0.15) is 18.2 Å². The summed E-state index contributed by atoms with van der Waals surface area (Å²) in [4.78, 5) is 37.4. The Balaban J connectivity index is 1.29. The number of ether oxygens (including phenoxy) is 2. The predicted octanol–water partition coefficient (Wildman–Crippen LogP) is 5.52. The maximum Gasteiger partial charge on any atom is 0.407 e. The number of carbonyl (C=O) groups excluding carboxylic acids is 2. The van der Waals surface area contributed by atoms with Gasteiger partial charge in [0.15, 0.2) is 0 Å². The largest absolute Gasteiger partial charge is 0.480 e. The summed E-state index contributed by atoms with van der Waals surface area (Å²) < 4.78 is 12.8. The number of amides is 1. The van der Waals surface area contributed by atoms with E-state index >= 15 is 0 Å². The monoisotopic (exact) mass is 540 g/mol. The van der Waals surface area contributed by atoms with Crippen LogP contribution in [0.25, 0.3) is 22.0 Å². The summed E-state index contributed by atoms with van der Waals surface area (Å²) in [5, 5.41) is 13.2. The minimum absolute atomic E-state index is 0.0440. The van der Waals surface area contributed by atoms with Gasteiger partial charge in [-0.05, 0) is 54.7 Å². The Morgan fingerprint density at radius 3 is 2.15 bits per heavy atom. The topological polar surface area (TPSA) is 107 Å². The van der Waals surface area contributed by atoms with Gasteiger partial charge in [0.25, 0.3) is 0 Å². The van der Waals surface area contributed by atoms with E-state index in [1.165, 1.54) is 0 Å². The number of aliphatic carboxylic acids is 1. The van der Waals surface area contributed by atoms with E-state index in [0.29, 0.717) is 0 Å². The molecular formula is C32H32N2O6. The number of carboxylic acid groups (broad SMARTS) is 1. The molecular weight excluding hydrogens is 508 g/mol. The molecule has 0 fully saturated rings. The standard InChI is InChI=1S/C32H32N2O6/c1-32(2,3)40-29(35)16-20-17-34(28-15-9-8-10-21(20)28)18-27(30(36)37)33-31(38)39-19-26-24-13-6-4-11-22(24)23-12-5-7-14-25(23)26/h4-15,17,26-27H,16,18-19H2,1-3H3,(H,33,38)(H,36,37)/t27-/m1/s1. The molecule has 1 amide bonds. The average Bonchev–Trinajstić information content (AvgIpc) is 3.41. The van der Waals surface area contributed by atoms with Crippen molar-refractivity contribution in [1.29, 1.82) is 0 Å². The molecule has 1 atom stereocenters. The van der Waals surface area contributed by atoms with Crippen LogP contribution >= 0.6 is 0 Å². The van der Waals surface area contributed by atoms with E-state index in [9.17, 15) is 19.5 Å². The molecule has 1 heterocycles. The van der Waals surface area contributed by atoms with Crippen molar-refractivity contribution in [1.82, 2.24) is 9.88 Å². The summed E-state index contributed by atoms with van der Waals surface area (Å²) in [7, 11) is 0. The van der Waals surface area contributed by atoms with Crippen molar-refractivity contribution in [3.63, 3.8) is 0 Å².